The molecule has 0 unspecified atom stereocenters. The van der Waals surface area contributed by atoms with Gasteiger partial charge < -0.3 is 10.1 Å². The summed E-state index contributed by atoms with van der Waals surface area (Å²) in [5.41, 5.74) is 1.58. The molecule has 0 atom stereocenters. The van der Waals surface area contributed by atoms with Crippen molar-refractivity contribution in [1.29, 1.82) is 0 Å². The van der Waals surface area contributed by atoms with Gasteiger partial charge in [-0.25, -0.2) is 4.39 Å². The van der Waals surface area contributed by atoms with Crippen LogP contribution >= 0.6 is 15.9 Å². The van der Waals surface area contributed by atoms with Crippen molar-refractivity contribution in [3.63, 3.8) is 0 Å². The highest BCUT2D eigenvalue weighted by molar-refractivity contribution is 9.10. The van der Waals surface area contributed by atoms with E-state index in [9.17, 15) is 4.39 Å². The van der Waals surface area contributed by atoms with Gasteiger partial charge in [0.05, 0.1) is 6.20 Å². The van der Waals surface area contributed by atoms with Crippen molar-refractivity contribution >= 4 is 15.9 Å². The fourth-order valence-electron chi connectivity index (χ4n) is 1.75. The second kappa shape index (κ2) is 7.36. The monoisotopic (exact) mass is 338 g/mol. The van der Waals surface area contributed by atoms with Crippen LogP contribution in [0.25, 0.3) is 0 Å². The Hall–Kier alpha value is -1.46. The number of rotatable bonds is 6. The Morgan fingerprint density at radius 2 is 2.15 bits per heavy atom. The van der Waals surface area contributed by atoms with Crippen molar-refractivity contribution in [3.8, 4) is 5.75 Å². The Balaban J connectivity index is 2.04. The minimum absolute atomic E-state index is 0.184. The normalized spacial score (nSPS) is 10.6. The number of nitrogens with zero attached hydrogens (tertiary/aromatic N) is 1. The number of hydrogen-bond donors (Lipinski definition) is 1. The number of nitrogens with one attached hydrogen (secondary N) is 1. The van der Waals surface area contributed by atoms with Crippen molar-refractivity contribution in [2.45, 2.75) is 20.1 Å². The first-order valence-corrected chi connectivity index (χ1v) is 7.19. The molecule has 0 saturated heterocycles. The number of ether oxygens (including phenoxy) is 1. The molecular weight excluding hydrogens is 323 g/mol. The molecule has 1 aromatic carbocycles. The molecule has 1 N–H and O–H groups in total. The van der Waals surface area contributed by atoms with E-state index >= 15 is 0 Å². The zero-order valence-electron chi connectivity index (χ0n) is 11.2. The minimum Gasteiger partial charge on any atom is -0.487 e. The van der Waals surface area contributed by atoms with E-state index in [1.54, 1.807) is 24.5 Å². The Morgan fingerprint density at radius 3 is 2.90 bits per heavy atom. The highest BCUT2D eigenvalue weighted by Crippen LogP contribution is 2.18. The van der Waals surface area contributed by atoms with Crippen LogP contribution in [0.3, 0.4) is 0 Å². The van der Waals surface area contributed by atoms with Crippen molar-refractivity contribution in [1.82, 2.24) is 10.3 Å². The summed E-state index contributed by atoms with van der Waals surface area (Å²) in [6.45, 7) is 3.83. The molecule has 20 heavy (non-hydrogen) atoms. The Kier molecular flexibility index (Phi) is 5.49. The van der Waals surface area contributed by atoms with E-state index < -0.39 is 0 Å². The molecule has 2 rings (SSSR count). The predicted molar refractivity (Wildman–Crippen MR) is 80.0 cm³/mol. The lowest BCUT2D eigenvalue weighted by Gasteiger charge is -2.09. The van der Waals surface area contributed by atoms with Crippen LogP contribution in [0.4, 0.5) is 4.39 Å². The maximum atomic E-state index is 13.7. The summed E-state index contributed by atoms with van der Waals surface area (Å²) >= 11 is 3.32. The van der Waals surface area contributed by atoms with Crippen LogP contribution < -0.4 is 10.1 Å². The zero-order valence-corrected chi connectivity index (χ0v) is 12.8. The van der Waals surface area contributed by atoms with Crippen LogP contribution in [0.15, 0.2) is 41.1 Å². The van der Waals surface area contributed by atoms with Crippen LogP contribution in [0, 0.1) is 5.82 Å². The molecule has 0 fully saturated rings. The summed E-state index contributed by atoms with van der Waals surface area (Å²) in [6, 6.07) is 6.88. The number of benzene rings is 1. The van der Waals surface area contributed by atoms with Crippen LogP contribution in [0.1, 0.15) is 18.1 Å². The van der Waals surface area contributed by atoms with Crippen LogP contribution in [-0.2, 0) is 13.2 Å². The molecule has 5 heteroatoms. The fraction of sp³-hybridized carbons (Fsp3) is 0.267. The van der Waals surface area contributed by atoms with Gasteiger partial charge in [-0.3, -0.25) is 4.98 Å². The maximum Gasteiger partial charge on any atom is 0.139 e. The third-order valence-electron chi connectivity index (χ3n) is 2.76. The zero-order chi connectivity index (χ0) is 14.4. The topological polar surface area (TPSA) is 34.1 Å². The molecule has 0 amide bonds. The molecule has 106 valence electrons. The summed E-state index contributed by atoms with van der Waals surface area (Å²) < 4.78 is 20.1. The predicted octanol–water partition coefficient (Wildman–Crippen LogP) is 3.67. The number of halogens is 2. The third kappa shape index (κ3) is 4.28. The van der Waals surface area contributed by atoms with Crippen LogP contribution in [0.5, 0.6) is 5.75 Å². The van der Waals surface area contributed by atoms with Gasteiger partial charge in [-0.2, -0.15) is 0 Å². The Morgan fingerprint density at radius 1 is 1.30 bits per heavy atom. The second-order valence-electron chi connectivity index (χ2n) is 4.33. The first-order valence-electron chi connectivity index (χ1n) is 6.40. The lowest BCUT2D eigenvalue weighted by Crippen LogP contribution is -2.12. The molecule has 0 aliphatic heterocycles. The summed E-state index contributed by atoms with van der Waals surface area (Å²) in [4.78, 5) is 4.00. The Labute approximate surface area is 126 Å². The number of aromatic nitrogens is 1. The molecule has 0 radical (unpaired) electrons. The van der Waals surface area contributed by atoms with Gasteiger partial charge >= 0.3 is 0 Å². The fourth-order valence-corrected chi connectivity index (χ4v) is 2.09. The highest BCUT2D eigenvalue weighted by Gasteiger charge is 2.05. The van der Waals surface area contributed by atoms with Gasteiger partial charge in [0.25, 0.3) is 0 Å². The molecular formula is C15H16BrFN2O. The van der Waals surface area contributed by atoms with E-state index in [2.05, 4.69) is 26.2 Å². The summed E-state index contributed by atoms with van der Waals surface area (Å²) in [6.07, 6.45) is 3.27. The Bertz CT molecular complexity index is 578. The maximum absolute atomic E-state index is 13.7. The smallest absolute Gasteiger partial charge is 0.139 e. The summed E-state index contributed by atoms with van der Waals surface area (Å²) in [5.74, 6) is 0.351. The van der Waals surface area contributed by atoms with Gasteiger partial charge in [-0.05, 0) is 46.2 Å². The summed E-state index contributed by atoms with van der Waals surface area (Å²) in [5, 5.41) is 3.21. The lowest BCUT2D eigenvalue weighted by atomic mass is 10.1. The van der Waals surface area contributed by atoms with E-state index in [0.717, 1.165) is 23.1 Å². The van der Waals surface area contributed by atoms with Crippen molar-refractivity contribution in [2.24, 2.45) is 0 Å². The molecule has 0 saturated carbocycles. The van der Waals surface area contributed by atoms with E-state index in [1.165, 1.54) is 6.07 Å². The molecule has 1 heterocycles. The molecule has 3 nitrogen and oxygen atoms in total. The third-order valence-corrected chi connectivity index (χ3v) is 3.20. The lowest BCUT2D eigenvalue weighted by molar-refractivity contribution is 0.298. The first kappa shape index (κ1) is 14.9. The van der Waals surface area contributed by atoms with Gasteiger partial charge in [-0.1, -0.05) is 13.0 Å². The largest absolute Gasteiger partial charge is 0.487 e. The van der Waals surface area contributed by atoms with Crippen molar-refractivity contribution in [2.75, 3.05) is 6.54 Å². The van der Waals surface area contributed by atoms with E-state index in [0.29, 0.717) is 11.3 Å². The van der Waals surface area contributed by atoms with Crippen LogP contribution in [0.2, 0.25) is 0 Å². The van der Waals surface area contributed by atoms with Crippen LogP contribution in [-0.4, -0.2) is 11.5 Å². The number of hydrogen-bond acceptors (Lipinski definition) is 3. The average molecular weight is 339 g/mol. The highest BCUT2D eigenvalue weighted by atomic mass is 79.9. The quantitative estimate of drug-likeness (QED) is 0.872. The molecule has 0 aliphatic rings. The minimum atomic E-state index is -0.256. The summed E-state index contributed by atoms with van der Waals surface area (Å²) in [7, 11) is 0. The van der Waals surface area contributed by atoms with Crippen molar-refractivity contribution < 1.29 is 9.13 Å². The number of pyridine rings is 1. The molecule has 0 spiro atoms. The SMILES string of the molecule is CCNCc1ccc(F)c(COc2cncc(Br)c2)c1. The molecule has 2 aromatic rings. The molecule has 0 bridgehead atoms. The molecule has 1 aromatic heterocycles. The van der Waals surface area contributed by atoms with Gasteiger partial charge in [0.15, 0.2) is 0 Å². The van der Waals surface area contributed by atoms with E-state index in [1.807, 2.05) is 13.0 Å². The van der Waals surface area contributed by atoms with E-state index in [4.69, 9.17) is 4.74 Å². The molecule has 0 aliphatic carbocycles. The van der Waals surface area contributed by atoms with Gasteiger partial charge in [0.1, 0.15) is 18.2 Å². The van der Waals surface area contributed by atoms with Crippen molar-refractivity contribution in [3.05, 3.63) is 58.1 Å². The first-order chi connectivity index (χ1) is 9.69. The standard InChI is InChI=1S/C15H16BrFN2O/c1-2-18-7-11-3-4-15(17)12(5-11)10-20-14-6-13(16)8-19-9-14/h3-6,8-9,18H,2,7,10H2,1H3. The van der Waals surface area contributed by atoms with Gasteiger partial charge in [0, 0.05) is 22.8 Å². The second-order valence-corrected chi connectivity index (χ2v) is 5.25. The van der Waals surface area contributed by atoms with E-state index in [-0.39, 0.29) is 12.4 Å². The average Bonchev–Trinajstić information content (AvgIpc) is 2.45. The van der Waals surface area contributed by atoms with Gasteiger partial charge in [-0.15, -0.1) is 0 Å². The van der Waals surface area contributed by atoms with Gasteiger partial charge in [0.2, 0.25) is 0 Å².